The second-order valence-corrected chi connectivity index (χ2v) is 14.1. The first-order chi connectivity index (χ1) is 22.7. The van der Waals surface area contributed by atoms with E-state index < -0.39 is 28.5 Å². The minimum atomic E-state index is -4.25. The number of hydrogen-bond acceptors (Lipinski definition) is 5. The molecule has 0 aromatic heterocycles. The molecule has 0 aliphatic heterocycles. The number of sulfonamides is 1. The third kappa shape index (κ3) is 8.53. The van der Waals surface area contributed by atoms with E-state index in [-0.39, 0.29) is 41.2 Å². The number of ether oxygens (including phenoxy) is 1. The molecule has 47 heavy (non-hydrogen) atoms. The van der Waals surface area contributed by atoms with Crippen molar-refractivity contribution < 1.29 is 22.7 Å². The van der Waals surface area contributed by atoms with Gasteiger partial charge in [0.15, 0.2) is 0 Å². The number of para-hydroxylation sites is 2. The summed E-state index contributed by atoms with van der Waals surface area (Å²) in [6, 6.07) is 28.9. The van der Waals surface area contributed by atoms with Crippen molar-refractivity contribution in [2.75, 3.05) is 18.0 Å². The van der Waals surface area contributed by atoms with E-state index in [2.05, 4.69) is 5.32 Å². The van der Waals surface area contributed by atoms with Gasteiger partial charge in [-0.3, -0.25) is 13.9 Å². The summed E-state index contributed by atoms with van der Waals surface area (Å²) in [5.41, 5.74) is 2.69. The van der Waals surface area contributed by atoms with E-state index in [1.165, 1.54) is 24.1 Å². The standard InChI is InChI=1S/C37H40ClN3O5S/c1-27-19-21-32(22-20-27)47(44,45)41(33-17-8-9-18-35(33)46-2)26-36(42)40(25-29-13-10-14-30(38)23-29)34(24-28-11-4-3-5-12-28)37(43)39-31-15-6-7-16-31/h3-5,8-14,17-23,31,34H,6-7,15-16,24-26H2,1-2H3,(H,39,43). The quantitative estimate of drug-likeness (QED) is 0.174. The fourth-order valence-electron chi connectivity index (χ4n) is 5.94. The predicted octanol–water partition coefficient (Wildman–Crippen LogP) is 6.55. The average molecular weight is 674 g/mol. The van der Waals surface area contributed by atoms with Gasteiger partial charge in [0.1, 0.15) is 18.3 Å². The summed E-state index contributed by atoms with van der Waals surface area (Å²) in [6.45, 7) is 1.34. The van der Waals surface area contributed by atoms with Gasteiger partial charge in [0, 0.05) is 24.0 Å². The van der Waals surface area contributed by atoms with Gasteiger partial charge in [0.25, 0.3) is 10.0 Å². The van der Waals surface area contributed by atoms with Crippen molar-refractivity contribution >= 4 is 39.1 Å². The molecule has 1 saturated carbocycles. The largest absolute Gasteiger partial charge is 0.495 e. The molecule has 10 heteroatoms. The second-order valence-electron chi connectivity index (χ2n) is 11.8. The Labute approximate surface area is 282 Å². The zero-order chi connectivity index (χ0) is 33.4. The van der Waals surface area contributed by atoms with Gasteiger partial charge in [-0.15, -0.1) is 0 Å². The number of anilines is 1. The summed E-state index contributed by atoms with van der Waals surface area (Å²) in [5.74, 6) is -0.535. The molecule has 0 heterocycles. The summed E-state index contributed by atoms with van der Waals surface area (Å²) in [5, 5.41) is 3.67. The maximum Gasteiger partial charge on any atom is 0.264 e. The van der Waals surface area contributed by atoms with Gasteiger partial charge in [-0.1, -0.05) is 96.7 Å². The topological polar surface area (TPSA) is 96.0 Å². The molecule has 0 spiro atoms. The highest BCUT2D eigenvalue weighted by Gasteiger charge is 2.36. The van der Waals surface area contributed by atoms with Crippen LogP contribution in [0.2, 0.25) is 5.02 Å². The van der Waals surface area contributed by atoms with E-state index in [1.54, 1.807) is 54.6 Å². The van der Waals surface area contributed by atoms with E-state index in [0.29, 0.717) is 10.6 Å². The van der Waals surface area contributed by atoms with Gasteiger partial charge in [0.2, 0.25) is 11.8 Å². The minimum absolute atomic E-state index is 0.0240. The van der Waals surface area contributed by atoms with Gasteiger partial charge in [0.05, 0.1) is 17.7 Å². The molecule has 1 aliphatic carbocycles. The molecule has 8 nitrogen and oxygen atoms in total. The number of amides is 2. The lowest BCUT2D eigenvalue weighted by Crippen LogP contribution is -2.54. The number of halogens is 1. The molecule has 246 valence electrons. The van der Waals surface area contributed by atoms with Crippen LogP contribution in [0.5, 0.6) is 5.75 Å². The number of nitrogens with one attached hydrogen (secondary N) is 1. The summed E-state index contributed by atoms with van der Waals surface area (Å²) in [6.07, 6.45) is 4.06. The highest BCUT2D eigenvalue weighted by molar-refractivity contribution is 7.92. The first-order valence-corrected chi connectivity index (χ1v) is 17.6. The van der Waals surface area contributed by atoms with Crippen LogP contribution in [-0.4, -0.2) is 50.9 Å². The SMILES string of the molecule is COc1ccccc1N(CC(=O)N(Cc1cccc(Cl)c1)C(Cc1ccccc1)C(=O)NC1CCCC1)S(=O)(=O)c1ccc(C)cc1. The smallest absolute Gasteiger partial charge is 0.264 e. The summed E-state index contributed by atoms with van der Waals surface area (Å²) in [7, 11) is -2.80. The Bertz CT molecular complexity index is 1780. The first-order valence-electron chi connectivity index (χ1n) is 15.8. The molecule has 1 unspecified atom stereocenters. The van der Waals surface area contributed by atoms with Gasteiger partial charge < -0.3 is 15.0 Å². The highest BCUT2D eigenvalue weighted by atomic mass is 35.5. The van der Waals surface area contributed by atoms with Crippen LogP contribution >= 0.6 is 11.6 Å². The lowest BCUT2D eigenvalue weighted by atomic mass is 10.0. The number of benzene rings is 4. The minimum Gasteiger partial charge on any atom is -0.495 e. The van der Waals surface area contributed by atoms with Crippen LogP contribution in [0, 0.1) is 6.92 Å². The number of hydrogen-bond donors (Lipinski definition) is 1. The lowest BCUT2D eigenvalue weighted by Gasteiger charge is -2.34. The normalized spacial score (nSPS) is 13.9. The van der Waals surface area contributed by atoms with E-state index in [9.17, 15) is 18.0 Å². The van der Waals surface area contributed by atoms with Crippen LogP contribution in [0.4, 0.5) is 5.69 Å². The van der Waals surface area contributed by atoms with Crippen molar-refractivity contribution in [3.63, 3.8) is 0 Å². The van der Waals surface area contributed by atoms with Crippen molar-refractivity contribution in [2.24, 2.45) is 0 Å². The molecule has 1 aliphatic rings. The van der Waals surface area contributed by atoms with Crippen LogP contribution in [0.25, 0.3) is 0 Å². The third-order valence-electron chi connectivity index (χ3n) is 8.46. The fraction of sp³-hybridized carbons (Fsp3) is 0.297. The molecule has 0 radical (unpaired) electrons. The number of methoxy groups -OCH3 is 1. The molecule has 1 N–H and O–H groups in total. The molecule has 0 saturated heterocycles. The van der Waals surface area contributed by atoms with Gasteiger partial charge in [-0.25, -0.2) is 8.42 Å². The molecule has 5 rings (SSSR count). The number of rotatable bonds is 13. The van der Waals surface area contributed by atoms with E-state index in [4.69, 9.17) is 16.3 Å². The van der Waals surface area contributed by atoms with Crippen molar-refractivity contribution in [2.45, 2.75) is 62.6 Å². The molecule has 0 bridgehead atoms. The van der Waals surface area contributed by atoms with Crippen molar-refractivity contribution in [3.05, 3.63) is 125 Å². The Hall–Kier alpha value is -4.34. The van der Waals surface area contributed by atoms with Crippen molar-refractivity contribution in [1.82, 2.24) is 10.2 Å². The van der Waals surface area contributed by atoms with Crippen LogP contribution in [0.3, 0.4) is 0 Å². The van der Waals surface area contributed by atoms with Crippen LogP contribution in [-0.2, 0) is 32.6 Å². The van der Waals surface area contributed by atoms with Crippen molar-refractivity contribution in [3.8, 4) is 5.75 Å². The Morgan fingerprint density at radius 3 is 2.23 bits per heavy atom. The molecule has 4 aromatic carbocycles. The number of carbonyl (C=O) groups excluding carboxylic acids is 2. The zero-order valence-electron chi connectivity index (χ0n) is 26.6. The van der Waals surface area contributed by atoms with Crippen molar-refractivity contribution in [1.29, 1.82) is 0 Å². The summed E-state index contributed by atoms with van der Waals surface area (Å²) in [4.78, 5) is 30.3. The van der Waals surface area contributed by atoms with Gasteiger partial charge in [-0.05, 0) is 67.3 Å². The van der Waals surface area contributed by atoms with E-state index in [1.807, 2.05) is 43.3 Å². The molecule has 1 atom stereocenters. The van der Waals surface area contributed by atoms with Gasteiger partial charge >= 0.3 is 0 Å². The number of aryl methyl sites for hydroxylation is 1. The summed E-state index contributed by atoms with van der Waals surface area (Å²) >= 11 is 6.35. The summed E-state index contributed by atoms with van der Waals surface area (Å²) < 4.78 is 35.2. The number of nitrogens with zero attached hydrogens (tertiary/aromatic N) is 2. The highest BCUT2D eigenvalue weighted by Crippen LogP contribution is 2.33. The van der Waals surface area contributed by atoms with Gasteiger partial charge in [-0.2, -0.15) is 0 Å². The maximum atomic E-state index is 14.7. The maximum absolute atomic E-state index is 14.7. The fourth-order valence-corrected chi connectivity index (χ4v) is 7.58. The third-order valence-corrected chi connectivity index (χ3v) is 10.5. The second kappa shape index (κ2) is 15.5. The van der Waals surface area contributed by atoms with Crippen LogP contribution in [0.15, 0.2) is 108 Å². The van der Waals surface area contributed by atoms with Crippen LogP contribution < -0.4 is 14.4 Å². The van der Waals surface area contributed by atoms with E-state index >= 15 is 0 Å². The lowest BCUT2D eigenvalue weighted by molar-refractivity contribution is -0.140. The molecule has 1 fully saturated rings. The average Bonchev–Trinajstić information content (AvgIpc) is 3.59. The van der Waals surface area contributed by atoms with E-state index in [0.717, 1.165) is 41.1 Å². The number of carbonyl (C=O) groups is 2. The first kappa shape index (κ1) is 34.0. The van der Waals surface area contributed by atoms with Crippen LogP contribution in [0.1, 0.15) is 42.4 Å². The molecule has 4 aromatic rings. The molecular weight excluding hydrogens is 634 g/mol. The predicted molar refractivity (Wildman–Crippen MR) is 185 cm³/mol. The monoisotopic (exact) mass is 673 g/mol. The Kier molecular flexibility index (Phi) is 11.2. The Morgan fingerprint density at radius 2 is 1.55 bits per heavy atom. The Balaban J connectivity index is 1.59. The molecule has 2 amide bonds. The molecular formula is C37H40ClN3O5S. The zero-order valence-corrected chi connectivity index (χ0v) is 28.2. The Morgan fingerprint density at radius 1 is 0.894 bits per heavy atom.